The van der Waals surface area contributed by atoms with E-state index in [1.54, 1.807) is 11.8 Å². The van der Waals surface area contributed by atoms with E-state index in [2.05, 4.69) is 17.1 Å². The number of carboxylic acid groups (broad SMARTS) is 1. The minimum atomic E-state index is -0.979. The van der Waals surface area contributed by atoms with E-state index in [-0.39, 0.29) is 6.03 Å². The van der Waals surface area contributed by atoms with Gasteiger partial charge in [0.15, 0.2) is 0 Å². The topological polar surface area (TPSA) is 72.9 Å². The first-order valence-corrected chi connectivity index (χ1v) is 6.09. The summed E-state index contributed by atoms with van der Waals surface area (Å²) in [5, 5.41) is 11.4. The van der Waals surface area contributed by atoms with Crippen molar-refractivity contribution >= 4 is 12.0 Å². The molecular weight excluding hydrogens is 222 g/mol. The molecule has 0 saturated carbocycles. The summed E-state index contributed by atoms with van der Waals surface area (Å²) in [5.41, 5.74) is 0. The average molecular weight is 243 g/mol. The monoisotopic (exact) mass is 243 g/mol. The van der Waals surface area contributed by atoms with Crippen molar-refractivity contribution in [3.8, 4) is 0 Å². The number of carbonyl (C=O) groups is 2. The number of hydrogen-bond donors (Lipinski definition) is 2. The largest absolute Gasteiger partial charge is 0.480 e. The van der Waals surface area contributed by atoms with Gasteiger partial charge in [0.25, 0.3) is 0 Å². The first-order valence-electron chi connectivity index (χ1n) is 6.09. The molecule has 6 nitrogen and oxygen atoms in total. The second-order valence-electron chi connectivity index (χ2n) is 4.17. The molecule has 2 amide bonds. The second kappa shape index (κ2) is 6.44. The number of piperazine rings is 1. The van der Waals surface area contributed by atoms with Crippen molar-refractivity contribution in [3.05, 3.63) is 0 Å². The summed E-state index contributed by atoms with van der Waals surface area (Å²) in [6, 6.07) is -1.05. The van der Waals surface area contributed by atoms with Crippen molar-refractivity contribution in [1.82, 2.24) is 15.1 Å². The highest BCUT2D eigenvalue weighted by atomic mass is 16.4. The number of carbonyl (C=O) groups excluding carboxylic acids is 1. The van der Waals surface area contributed by atoms with E-state index < -0.39 is 12.0 Å². The van der Waals surface area contributed by atoms with Crippen LogP contribution in [0.25, 0.3) is 0 Å². The lowest BCUT2D eigenvalue weighted by Crippen LogP contribution is -2.54. The van der Waals surface area contributed by atoms with E-state index >= 15 is 0 Å². The lowest BCUT2D eigenvalue weighted by molar-refractivity contribution is -0.139. The molecule has 1 aliphatic heterocycles. The maximum Gasteiger partial charge on any atom is 0.326 e. The normalized spacial score (nSPS) is 18.8. The Hall–Kier alpha value is -1.30. The predicted molar refractivity (Wildman–Crippen MR) is 63.9 cm³/mol. The maximum absolute atomic E-state index is 11.8. The van der Waals surface area contributed by atoms with Crippen LogP contribution in [-0.2, 0) is 4.79 Å². The van der Waals surface area contributed by atoms with Gasteiger partial charge < -0.3 is 20.2 Å². The van der Waals surface area contributed by atoms with E-state index in [0.717, 1.165) is 19.6 Å². The third kappa shape index (κ3) is 3.89. The quantitative estimate of drug-likeness (QED) is 0.739. The highest BCUT2D eigenvalue weighted by Crippen LogP contribution is 2.02. The molecule has 1 heterocycles. The molecule has 0 unspecified atom stereocenters. The smallest absolute Gasteiger partial charge is 0.326 e. The van der Waals surface area contributed by atoms with Crippen molar-refractivity contribution in [2.24, 2.45) is 0 Å². The van der Waals surface area contributed by atoms with E-state index in [0.29, 0.717) is 19.5 Å². The van der Waals surface area contributed by atoms with Crippen LogP contribution in [0.2, 0.25) is 0 Å². The Morgan fingerprint density at radius 2 is 1.82 bits per heavy atom. The number of nitrogens with one attached hydrogen (secondary N) is 1. The lowest BCUT2D eigenvalue weighted by Gasteiger charge is -2.34. The highest BCUT2D eigenvalue weighted by molar-refractivity contribution is 5.82. The molecule has 0 bridgehead atoms. The number of nitrogens with zero attached hydrogens (tertiary/aromatic N) is 2. The zero-order valence-corrected chi connectivity index (χ0v) is 10.5. The average Bonchev–Trinajstić information content (AvgIpc) is 2.35. The SMILES string of the molecule is CC[C@@H](NC(=O)N1CCN(CC)CC1)C(=O)O. The third-order valence-corrected chi connectivity index (χ3v) is 3.11. The Morgan fingerprint density at radius 1 is 1.24 bits per heavy atom. The first kappa shape index (κ1) is 13.8. The Balaban J connectivity index is 2.41. The fraction of sp³-hybridized carbons (Fsp3) is 0.818. The number of hydrogen-bond acceptors (Lipinski definition) is 3. The number of likely N-dealkylation sites (N-methyl/N-ethyl adjacent to an activating group) is 1. The summed E-state index contributed by atoms with van der Waals surface area (Å²) < 4.78 is 0. The van der Waals surface area contributed by atoms with Gasteiger partial charge in [0.2, 0.25) is 0 Å². The molecule has 0 spiro atoms. The molecule has 1 rings (SSSR count). The zero-order valence-electron chi connectivity index (χ0n) is 10.5. The Bertz CT molecular complexity index is 275. The van der Waals surface area contributed by atoms with Crippen LogP contribution in [-0.4, -0.2) is 65.7 Å². The number of urea groups is 1. The second-order valence-corrected chi connectivity index (χ2v) is 4.17. The molecule has 0 aromatic rings. The molecule has 1 atom stereocenters. The van der Waals surface area contributed by atoms with Crippen molar-refractivity contribution in [1.29, 1.82) is 0 Å². The molecule has 0 aromatic carbocycles. The molecular formula is C11H21N3O3. The summed E-state index contributed by atoms with van der Waals surface area (Å²) in [6.45, 7) is 7.86. The maximum atomic E-state index is 11.8. The van der Waals surface area contributed by atoms with Crippen molar-refractivity contribution < 1.29 is 14.7 Å². The van der Waals surface area contributed by atoms with E-state index in [4.69, 9.17) is 5.11 Å². The van der Waals surface area contributed by atoms with Gasteiger partial charge in [-0.25, -0.2) is 9.59 Å². The van der Waals surface area contributed by atoms with E-state index in [1.807, 2.05) is 0 Å². The van der Waals surface area contributed by atoms with Crippen LogP contribution in [0.3, 0.4) is 0 Å². The molecule has 17 heavy (non-hydrogen) atoms. The van der Waals surface area contributed by atoms with Crippen LogP contribution in [0.5, 0.6) is 0 Å². The Kier molecular flexibility index (Phi) is 5.21. The number of amides is 2. The molecule has 0 aliphatic carbocycles. The molecule has 1 fully saturated rings. The minimum absolute atomic E-state index is 0.269. The molecule has 0 aromatic heterocycles. The van der Waals surface area contributed by atoms with Crippen LogP contribution in [0.1, 0.15) is 20.3 Å². The van der Waals surface area contributed by atoms with Crippen molar-refractivity contribution in [2.45, 2.75) is 26.3 Å². The predicted octanol–water partition coefficient (Wildman–Crippen LogP) is 0.197. The zero-order chi connectivity index (χ0) is 12.8. The molecule has 1 aliphatic rings. The number of carboxylic acids is 1. The van der Waals surface area contributed by atoms with Gasteiger partial charge in [0, 0.05) is 26.2 Å². The molecule has 98 valence electrons. The minimum Gasteiger partial charge on any atom is -0.480 e. The summed E-state index contributed by atoms with van der Waals surface area (Å²) in [6.07, 6.45) is 0.399. The fourth-order valence-corrected chi connectivity index (χ4v) is 1.85. The van der Waals surface area contributed by atoms with Gasteiger partial charge in [0.05, 0.1) is 0 Å². The van der Waals surface area contributed by atoms with Gasteiger partial charge in [-0.3, -0.25) is 0 Å². The summed E-state index contributed by atoms with van der Waals surface area (Å²) in [5.74, 6) is -0.979. The van der Waals surface area contributed by atoms with Crippen LogP contribution >= 0.6 is 0 Å². The van der Waals surface area contributed by atoms with Gasteiger partial charge >= 0.3 is 12.0 Å². The van der Waals surface area contributed by atoms with Crippen molar-refractivity contribution in [2.75, 3.05) is 32.7 Å². The molecule has 6 heteroatoms. The Labute approximate surface area is 102 Å². The standard InChI is InChI=1S/C11H21N3O3/c1-3-9(10(15)16)12-11(17)14-7-5-13(4-2)6-8-14/h9H,3-8H2,1-2H3,(H,12,17)(H,15,16)/t9-/m1/s1. The summed E-state index contributed by atoms with van der Waals surface area (Å²) >= 11 is 0. The molecule has 0 radical (unpaired) electrons. The third-order valence-electron chi connectivity index (χ3n) is 3.11. The first-order chi connectivity index (χ1) is 8.08. The van der Waals surface area contributed by atoms with Gasteiger partial charge in [-0.1, -0.05) is 13.8 Å². The van der Waals surface area contributed by atoms with Crippen molar-refractivity contribution in [3.63, 3.8) is 0 Å². The lowest BCUT2D eigenvalue weighted by atomic mass is 10.2. The number of rotatable bonds is 4. The summed E-state index contributed by atoms with van der Waals surface area (Å²) in [7, 11) is 0. The van der Waals surface area contributed by atoms with Gasteiger partial charge in [-0.2, -0.15) is 0 Å². The highest BCUT2D eigenvalue weighted by Gasteiger charge is 2.24. The van der Waals surface area contributed by atoms with Gasteiger partial charge in [-0.05, 0) is 13.0 Å². The molecule has 2 N–H and O–H groups in total. The van der Waals surface area contributed by atoms with E-state index in [1.165, 1.54) is 0 Å². The molecule has 1 saturated heterocycles. The van der Waals surface area contributed by atoms with Crippen LogP contribution in [0.4, 0.5) is 4.79 Å². The van der Waals surface area contributed by atoms with Crippen LogP contribution in [0, 0.1) is 0 Å². The van der Waals surface area contributed by atoms with Gasteiger partial charge in [-0.15, -0.1) is 0 Å². The fourth-order valence-electron chi connectivity index (χ4n) is 1.85. The number of aliphatic carboxylic acids is 1. The van der Waals surface area contributed by atoms with E-state index in [9.17, 15) is 9.59 Å². The Morgan fingerprint density at radius 3 is 2.24 bits per heavy atom. The van der Waals surface area contributed by atoms with Gasteiger partial charge in [0.1, 0.15) is 6.04 Å². The van der Waals surface area contributed by atoms with Crippen LogP contribution < -0.4 is 5.32 Å². The van der Waals surface area contributed by atoms with Crippen LogP contribution in [0.15, 0.2) is 0 Å². The summed E-state index contributed by atoms with van der Waals surface area (Å²) in [4.78, 5) is 26.5.